The third-order valence-corrected chi connectivity index (χ3v) is 7.85. The van der Waals surface area contributed by atoms with Gasteiger partial charge in [-0.2, -0.15) is 4.98 Å². The topological polar surface area (TPSA) is 77.0 Å². The minimum atomic E-state index is 0.327. The van der Waals surface area contributed by atoms with Crippen molar-refractivity contribution in [3.8, 4) is 11.7 Å². The van der Waals surface area contributed by atoms with Crippen molar-refractivity contribution >= 4 is 16.3 Å². The number of allylic oxidation sites excluding steroid dienone is 4. The number of nitrogens with one attached hydrogen (secondary N) is 1. The van der Waals surface area contributed by atoms with Gasteiger partial charge in [-0.25, -0.2) is 4.98 Å². The van der Waals surface area contributed by atoms with Gasteiger partial charge in [0, 0.05) is 17.7 Å². The fourth-order valence-electron chi connectivity index (χ4n) is 5.93. The zero-order chi connectivity index (χ0) is 24.5. The highest BCUT2D eigenvalue weighted by atomic mass is 16.5. The number of aromatic nitrogens is 3. The first-order valence-corrected chi connectivity index (χ1v) is 13.0. The first kappa shape index (κ1) is 22.9. The molecule has 6 rings (SSSR count). The summed E-state index contributed by atoms with van der Waals surface area (Å²) in [5.74, 6) is 2.74. The number of rotatable bonds is 6. The van der Waals surface area contributed by atoms with Crippen LogP contribution in [0.15, 0.2) is 76.0 Å². The van der Waals surface area contributed by atoms with Crippen LogP contribution in [-0.4, -0.2) is 21.2 Å². The van der Waals surface area contributed by atoms with Gasteiger partial charge < -0.3 is 14.3 Å². The molecule has 1 saturated carbocycles. The molecular formula is C30H32N4O2. The maximum absolute atomic E-state index is 5.42. The van der Waals surface area contributed by atoms with Gasteiger partial charge in [0.25, 0.3) is 5.89 Å². The highest BCUT2D eigenvalue weighted by Crippen LogP contribution is 2.37. The van der Waals surface area contributed by atoms with Gasteiger partial charge in [0.15, 0.2) is 6.39 Å². The molecule has 184 valence electrons. The van der Waals surface area contributed by atoms with Crippen LogP contribution in [0, 0.1) is 18.8 Å². The fourth-order valence-corrected chi connectivity index (χ4v) is 5.93. The Bertz CT molecular complexity index is 1410. The van der Waals surface area contributed by atoms with Gasteiger partial charge in [-0.15, -0.1) is 0 Å². The van der Waals surface area contributed by atoms with E-state index in [1.54, 1.807) is 0 Å². The number of nitrogens with zero attached hydrogens (tertiary/aromatic N) is 3. The Hall–Kier alpha value is -3.51. The number of oxazole rings is 1. The van der Waals surface area contributed by atoms with E-state index in [0.29, 0.717) is 41.4 Å². The van der Waals surface area contributed by atoms with Crippen LogP contribution in [-0.2, 0) is 0 Å². The van der Waals surface area contributed by atoms with Gasteiger partial charge in [-0.3, -0.25) is 0 Å². The summed E-state index contributed by atoms with van der Waals surface area (Å²) in [7, 11) is 0. The Balaban J connectivity index is 1.09. The molecule has 0 bridgehead atoms. The molecule has 4 aromatic rings. The highest BCUT2D eigenvalue weighted by molar-refractivity contribution is 5.86. The minimum Gasteiger partial charge on any atom is -0.438 e. The molecule has 6 heteroatoms. The van der Waals surface area contributed by atoms with Crippen LogP contribution in [0.3, 0.4) is 0 Å². The first-order chi connectivity index (χ1) is 17.7. The average molecular weight is 481 g/mol. The molecule has 2 aromatic heterocycles. The van der Waals surface area contributed by atoms with E-state index in [1.165, 1.54) is 48.4 Å². The SMILES string of the molecule is Cc1ncoc1-c1nc(C2=CCC([C@H]3CCC[C@H](NC(C)c4cccc5ccccc45)C3)C=C2)no1. The van der Waals surface area contributed by atoms with E-state index < -0.39 is 0 Å². The molecule has 2 heterocycles. The van der Waals surface area contributed by atoms with E-state index in [2.05, 4.69) is 88.1 Å². The van der Waals surface area contributed by atoms with Crippen molar-refractivity contribution < 1.29 is 8.94 Å². The van der Waals surface area contributed by atoms with E-state index in [1.807, 2.05) is 6.92 Å². The van der Waals surface area contributed by atoms with E-state index in [-0.39, 0.29) is 0 Å². The Morgan fingerprint density at radius 1 is 1.08 bits per heavy atom. The molecule has 0 radical (unpaired) electrons. The first-order valence-electron chi connectivity index (χ1n) is 13.0. The maximum Gasteiger partial charge on any atom is 0.295 e. The average Bonchev–Trinajstić information content (AvgIpc) is 3.57. The van der Waals surface area contributed by atoms with Crippen LogP contribution in [0.4, 0.5) is 0 Å². The third-order valence-electron chi connectivity index (χ3n) is 7.85. The fraction of sp³-hybridized carbons (Fsp3) is 0.367. The molecule has 36 heavy (non-hydrogen) atoms. The van der Waals surface area contributed by atoms with Crippen molar-refractivity contribution in [3.63, 3.8) is 0 Å². The normalized spacial score (nSPS) is 23.1. The lowest BCUT2D eigenvalue weighted by molar-refractivity contribution is 0.228. The number of aryl methyl sites for hydroxylation is 1. The van der Waals surface area contributed by atoms with Crippen molar-refractivity contribution in [2.24, 2.45) is 11.8 Å². The van der Waals surface area contributed by atoms with Crippen LogP contribution in [0.1, 0.15) is 62.2 Å². The van der Waals surface area contributed by atoms with Gasteiger partial charge >= 0.3 is 0 Å². The Kier molecular flexibility index (Phi) is 6.28. The van der Waals surface area contributed by atoms with Crippen molar-refractivity contribution in [3.05, 3.63) is 84.2 Å². The summed E-state index contributed by atoms with van der Waals surface area (Å²) in [4.78, 5) is 8.63. The molecule has 0 amide bonds. The molecule has 4 atom stereocenters. The lowest BCUT2D eigenvalue weighted by atomic mass is 9.75. The lowest BCUT2D eigenvalue weighted by Crippen LogP contribution is -2.37. The minimum absolute atomic E-state index is 0.327. The monoisotopic (exact) mass is 480 g/mol. The smallest absolute Gasteiger partial charge is 0.295 e. The predicted molar refractivity (Wildman–Crippen MR) is 141 cm³/mol. The van der Waals surface area contributed by atoms with E-state index in [9.17, 15) is 0 Å². The second kappa shape index (κ2) is 9.86. The molecule has 0 saturated heterocycles. The summed E-state index contributed by atoms with van der Waals surface area (Å²) in [6.45, 7) is 4.17. The zero-order valence-corrected chi connectivity index (χ0v) is 20.9. The van der Waals surface area contributed by atoms with Crippen molar-refractivity contribution in [2.45, 2.75) is 58.0 Å². The van der Waals surface area contributed by atoms with E-state index >= 15 is 0 Å². The van der Waals surface area contributed by atoms with Gasteiger partial charge in [0.1, 0.15) is 0 Å². The third kappa shape index (κ3) is 4.53. The second-order valence-corrected chi connectivity index (χ2v) is 10.2. The van der Waals surface area contributed by atoms with Crippen LogP contribution in [0.25, 0.3) is 28.0 Å². The van der Waals surface area contributed by atoms with Crippen LogP contribution in [0.5, 0.6) is 0 Å². The quantitative estimate of drug-likeness (QED) is 0.318. The summed E-state index contributed by atoms with van der Waals surface area (Å²) in [6.07, 6.45) is 14.2. The molecule has 0 aliphatic heterocycles. The van der Waals surface area contributed by atoms with E-state index in [0.717, 1.165) is 17.7 Å². The predicted octanol–water partition coefficient (Wildman–Crippen LogP) is 7.06. The van der Waals surface area contributed by atoms with E-state index in [4.69, 9.17) is 8.94 Å². The standard InChI is InChI=1S/C30H32N4O2/c1-19(26-12-6-8-22-7-3-4-11-27(22)26)32-25-10-5-9-24(17-25)21-13-15-23(16-14-21)29-33-30(36-34-29)28-20(2)31-18-35-28/h3-4,6-8,11-13,15-16,18-19,21,24-25,32H,5,9-10,14,17H2,1-2H3/t19?,21?,24-,25-/m0/s1. The number of hydrogen-bond acceptors (Lipinski definition) is 6. The molecule has 2 aliphatic carbocycles. The molecule has 1 fully saturated rings. The van der Waals surface area contributed by atoms with Gasteiger partial charge in [0.05, 0.1) is 5.69 Å². The van der Waals surface area contributed by atoms with Crippen LogP contribution >= 0.6 is 0 Å². The molecule has 1 N–H and O–H groups in total. The molecule has 2 unspecified atom stereocenters. The van der Waals surface area contributed by atoms with Crippen molar-refractivity contribution in [1.29, 1.82) is 0 Å². The summed E-state index contributed by atoms with van der Waals surface area (Å²) < 4.78 is 10.8. The van der Waals surface area contributed by atoms with Gasteiger partial charge in [-0.1, -0.05) is 72.3 Å². The molecule has 6 nitrogen and oxygen atoms in total. The van der Waals surface area contributed by atoms with Crippen LogP contribution in [0.2, 0.25) is 0 Å². The number of hydrogen-bond donors (Lipinski definition) is 1. The number of fused-ring (bicyclic) bond motifs is 1. The molecule has 2 aromatic carbocycles. The molecule has 0 spiro atoms. The number of benzene rings is 2. The summed E-state index contributed by atoms with van der Waals surface area (Å²) >= 11 is 0. The maximum atomic E-state index is 5.42. The second-order valence-electron chi connectivity index (χ2n) is 10.2. The Morgan fingerprint density at radius 2 is 1.97 bits per heavy atom. The van der Waals surface area contributed by atoms with Crippen molar-refractivity contribution in [1.82, 2.24) is 20.4 Å². The zero-order valence-electron chi connectivity index (χ0n) is 20.9. The lowest BCUT2D eigenvalue weighted by Gasteiger charge is -2.36. The van der Waals surface area contributed by atoms with Gasteiger partial charge in [-0.05, 0) is 67.7 Å². The molecule has 2 aliphatic rings. The summed E-state index contributed by atoms with van der Waals surface area (Å²) in [6, 6.07) is 16.2. The Morgan fingerprint density at radius 3 is 2.81 bits per heavy atom. The van der Waals surface area contributed by atoms with Crippen LogP contribution < -0.4 is 5.32 Å². The largest absolute Gasteiger partial charge is 0.438 e. The highest BCUT2D eigenvalue weighted by Gasteiger charge is 2.29. The Labute approximate surface area is 211 Å². The van der Waals surface area contributed by atoms with Crippen molar-refractivity contribution in [2.75, 3.05) is 0 Å². The summed E-state index contributed by atoms with van der Waals surface area (Å²) in [5.41, 5.74) is 3.14. The van der Waals surface area contributed by atoms with Gasteiger partial charge in [0.2, 0.25) is 11.6 Å². The molecular weight excluding hydrogens is 448 g/mol. The summed E-state index contributed by atoms with van der Waals surface area (Å²) in [5, 5.41) is 10.8.